The van der Waals surface area contributed by atoms with E-state index in [1.807, 2.05) is 46.8 Å². The van der Waals surface area contributed by atoms with Crippen LogP contribution in [0, 0.1) is 13.8 Å². The molecule has 176 valence electrons. The maximum Gasteiger partial charge on any atom is 0.497 e. The van der Waals surface area contributed by atoms with Gasteiger partial charge in [-0.05, 0) is 65.8 Å². The molecule has 0 N–H and O–H groups in total. The molecule has 4 heterocycles. The summed E-state index contributed by atoms with van der Waals surface area (Å²) < 4.78 is 46.4. The minimum Gasteiger partial charge on any atom is -0.399 e. The van der Waals surface area contributed by atoms with Crippen LogP contribution in [0.3, 0.4) is 0 Å². The Morgan fingerprint density at radius 1 is 0.941 bits per heavy atom. The van der Waals surface area contributed by atoms with E-state index >= 15 is 0 Å². The van der Waals surface area contributed by atoms with Gasteiger partial charge in [0.05, 0.1) is 33.0 Å². The monoisotopic (exact) mass is 479 g/mol. The minimum atomic E-state index is -3.93. The number of hydrogen-bond acceptors (Lipinski definition) is 7. The third-order valence-corrected chi connectivity index (χ3v) is 8.41. The summed E-state index contributed by atoms with van der Waals surface area (Å²) in [4.78, 5) is 4.93. The van der Waals surface area contributed by atoms with Crippen molar-refractivity contribution in [3.05, 3.63) is 60.1 Å². The second-order valence-electron chi connectivity index (χ2n) is 9.55. The topological polar surface area (TPSA) is 96.5 Å². The third-order valence-electron chi connectivity index (χ3n) is 6.75. The van der Waals surface area contributed by atoms with Gasteiger partial charge in [-0.15, -0.1) is 0 Å². The molecule has 0 spiro atoms. The second-order valence-corrected chi connectivity index (χ2v) is 11.4. The van der Waals surface area contributed by atoms with Crippen molar-refractivity contribution in [1.29, 1.82) is 0 Å². The zero-order chi connectivity index (χ0) is 24.5. The fourth-order valence-corrected chi connectivity index (χ4v) is 5.48. The van der Waals surface area contributed by atoms with Crippen LogP contribution in [0.25, 0.3) is 22.3 Å². The Kier molecular flexibility index (Phi) is 5.05. The largest absolute Gasteiger partial charge is 0.497 e. The Labute approximate surface area is 199 Å². The summed E-state index contributed by atoms with van der Waals surface area (Å²) in [5, 5.41) is 4.64. The summed E-state index contributed by atoms with van der Waals surface area (Å²) in [5.74, 6) is 0.611. The van der Waals surface area contributed by atoms with E-state index in [1.54, 1.807) is 43.5 Å². The molecule has 0 atom stereocenters. The zero-order valence-corrected chi connectivity index (χ0v) is 20.8. The molecule has 8 nitrogen and oxygen atoms in total. The van der Waals surface area contributed by atoms with Crippen LogP contribution in [-0.4, -0.2) is 40.9 Å². The van der Waals surface area contributed by atoms with Crippen LogP contribution in [0.15, 0.2) is 58.1 Å². The van der Waals surface area contributed by atoms with Crippen molar-refractivity contribution in [2.45, 2.75) is 57.6 Å². The maximum absolute atomic E-state index is 13.7. The number of rotatable bonds is 4. The van der Waals surface area contributed by atoms with Crippen molar-refractivity contribution in [2.75, 3.05) is 0 Å². The van der Waals surface area contributed by atoms with E-state index in [0.717, 1.165) is 5.56 Å². The quantitative estimate of drug-likeness (QED) is 0.411. The normalized spacial score (nSPS) is 17.5. The number of aromatic nitrogens is 3. The summed E-state index contributed by atoms with van der Waals surface area (Å²) >= 11 is 0. The van der Waals surface area contributed by atoms with Gasteiger partial charge in [-0.3, -0.25) is 0 Å². The van der Waals surface area contributed by atoms with Gasteiger partial charge in [0.1, 0.15) is 5.76 Å². The standard InChI is InChI=1S/C24H26BN3O5S/c1-15-21(16(2)31-27-15)20-13-12-18-19(25-32-23(3,4)24(5,6)33-25)14-28(22(18)26-20)34(29,30)17-10-8-7-9-11-17/h7-14H,1-6H3. The average molecular weight is 479 g/mol. The number of fused-ring (bicyclic) bond motifs is 1. The van der Waals surface area contributed by atoms with Crippen molar-refractivity contribution in [1.82, 2.24) is 14.1 Å². The maximum atomic E-state index is 13.7. The Morgan fingerprint density at radius 3 is 2.18 bits per heavy atom. The molecule has 1 aliphatic heterocycles. The molecular weight excluding hydrogens is 453 g/mol. The molecule has 1 saturated heterocycles. The van der Waals surface area contributed by atoms with Crippen LogP contribution in [0.4, 0.5) is 0 Å². The minimum absolute atomic E-state index is 0.164. The number of benzene rings is 1. The summed E-state index contributed by atoms with van der Waals surface area (Å²) in [6.07, 6.45) is 1.55. The molecule has 0 saturated carbocycles. The lowest BCUT2D eigenvalue weighted by atomic mass is 9.79. The first-order chi connectivity index (χ1) is 15.9. The lowest BCUT2D eigenvalue weighted by molar-refractivity contribution is 0.00578. The number of pyridine rings is 1. The predicted molar refractivity (Wildman–Crippen MR) is 129 cm³/mol. The molecular formula is C24H26BN3O5S. The molecule has 0 aliphatic carbocycles. The zero-order valence-electron chi connectivity index (χ0n) is 20.0. The van der Waals surface area contributed by atoms with Crippen LogP contribution < -0.4 is 5.46 Å². The first-order valence-corrected chi connectivity index (χ1v) is 12.5. The highest BCUT2D eigenvalue weighted by molar-refractivity contribution is 7.90. The summed E-state index contributed by atoms with van der Waals surface area (Å²) in [6.45, 7) is 11.5. The fraction of sp³-hybridized carbons (Fsp3) is 0.333. The fourth-order valence-electron chi connectivity index (χ4n) is 4.13. The van der Waals surface area contributed by atoms with Crippen molar-refractivity contribution in [3.63, 3.8) is 0 Å². The van der Waals surface area contributed by atoms with Crippen molar-refractivity contribution in [2.24, 2.45) is 0 Å². The van der Waals surface area contributed by atoms with E-state index in [-0.39, 0.29) is 10.5 Å². The molecule has 1 fully saturated rings. The Hall–Kier alpha value is -2.95. The van der Waals surface area contributed by atoms with Gasteiger partial charge in [-0.2, -0.15) is 0 Å². The number of aryl methyl sites for hydroxylation is 2. The Morgan fingerprint density at radius 2 is 1.59 bits per heavy atom. The molecule has 3 aromatic heterocycles. The molecule has 1 aromatic carbocycles. The average Bonchev–Trinajstić information content (AvgIpc) is 3.39. The molecule has 5 rings (SSSR count). The van der Waals surface area contributed by atoms with Crippen LogP contribution in [0.2, 0.25) is 0 Å². The summed E-state index contributed by atoms with van der Waals surface area (Å²) in [5.41, 5.74) is 1.73. The second kappa shape index (κ2) is 7.53. The SMILES string of the molecule is Cc1noc(C)c1-c1ccc2c(B3OC(C)(C)C(C)(C)O3)cn(S(=O)(=O)c3ccccc3)c2n1. The number of nitrogens with zero attached hydrogens (tertiary/aromatic N) is 3. The van der Waals surface area contributed by atoms with Gasteiger partial charge in [0.2, 0.25) is 0 Å². The van der Waals surface area contributed by atoms with E-state index in [1.165, 1.54) is 3.97 Å². The first kappa shape index (κ1) is 22.8. The molecule has 34 heavy (non-hydrogen) atoms. The van der Waals surface area contributed by atoms with Gasteiger partial charge >= 0.3 is 7.12 Å². The molecule has 10 heteroatoms. The number of hydrogen-bond donors (Lipinski definition) is 0. The summed E-state index contributed by atoms with van der Waals surface area (Å²) in [6, 6.07) is 12.0. The van der Waals surface area contributed by atoms with Crippen molar-refractivity contribution in [3.8, 4) is 11.3 Å². The van der Waals surface area contributed by atoms with Crippen LogP contribution in [-0.2, 0) is 19.3 Å². The van der Waals surface area contributed by atoms with Gasteiger partial charge in [-0.1, -0.05) is 23.4 Å². The van der Waals surface area contributed by atoms with Crippen LogP contribution in [0.1, 0.15) is 39.1 Å². The van der Waals surface area contributed by atoms with Crippen LogP contribution in [0.5, 0.6) is 0 Å². The molecule has 0 radical (unpaired) electrons. The van der Waals surface area contributed by atoms with Gasteiger partial charge in [0.25, 0.3) is 10.0 Å². The van der Waals surface area contributed by atoms with Crippen LogP contribution >= 0.6 is 0 Å². The molecule has 1 aliphatic rings. The lowest BCUT2D eigenvalue weighted by Crippen LogP contribution is -2.41. The van der Waals surface area contributed by atoms with E-state index in [2.05, 4.69) is 5.16 Å². The third kappa shape index (κ3) is 3.40. The van der Waals surface area contributed by atoms with Crippen molar-refractivity contribution < 1.29 is 22.2 Å². The van der Waals surface area contributed by atoms with Gasteiger partial charge in [0.15, 0.2) is 5.65 Å². The lowest BCUT2D eigenvalue weighted by Gasteiger charge is -2.32. The highest BCUT2D eigenvalue weighted by Crippen LogP contribution is 2.37. The Balaban J connectivity index is 1.76. The molecule has 0 unspecified atom stereocenters. The molecule has 0 bridgehead atoms. The highest BCUT2D eigenvalue weighted by atomic mass is 32.2. The van der Waals surface area contributed by atoms with E-state index in [4.69, 9.17) is 18.8 Å². The summed E-state index contributed by atoms with van der Waals surface area (Å²) in [7, 11) is -4.68. The van der Waals surface area contributed by atoms with E-state index in [0.29, 0.717) is 28.0 Å². The van der Waals surface area contributed by atoms with E-state index < -0.39 is 28.3 Å². The Bertz CT molecular complexity index is 1470. The highest BCUT2D eigenvalue weighted by Gasteiger charge is 2.52. The van der Waals surface area contributed by atoms with E-state index in [9.17, 15) is 8.42 Å². The smallest absolute Gasteiger partial charge is 0.399 e. The first-order valence-electron chi connectivity index (χ1n) is 11.0. The van der Waals surface area contributed by atoms with Crippen molar-refractivity contribution >= 4 is 33.6 Å². The van der Waals surface area contributed by atoms with Gasteiger partial charge in [-0.25, -0.2) is 17.4 Å². The molecule has 4 aromatic rings. The van der Waals surface area contributed by atoms with Gasteiger partial charge < -0.3 is 13.8 Å². The van der Waals surface area contributed by atoms with Gasteiger partial charge in [0, 0.05) is 17.0 Å². The predicted octanol–water partition coefficient (Wildman–Crippen LogP) is 3.84. The molecule has 0 amide bonds.